The van der Waals surface area contributed by atoms with Gasteiger partial charge in [-0.15, -0.1) is 0 Å². The van der Waals surface area contributed by atoms with E-state index in [1.54, 1.807) is 18.5 Å². The molecule has 3 rings (SSSR count). The molecule has 30 heavy (non-hydrogen) atoms. The number of halogens is 3. The number of carbonyl (C=O) groups excluding carboxylic acids is 1. The lowest BCUT2D eigenvalue weighted by Gasteiger charge is -2.26. The van der Waals surface area contributed by atoms with Gasteiger partial charge in [-0.05, 0) is 48.4 Å². The third-order valence-corrected chi connectivity index (χ3v) is 7.34. The summed E-state index contributed by atoms with van der Waals surface area (Å²) in [6.45, 7) is 7.94. The van der Waals surface area contributed by atoms with Crippen molar-refractivity contribution in [3.63, 3.8) is 0 Å². The fraction of sp³-hybridized carbons (Fsp3) is 0.619. The minimum Gasteiger partial charge on any atom is -0.369 e. The largest absolute Gasteiger partial charge is 0.389 e. The molecule has 5 nitrogen and oxygen atoms in total. The average molecular weight is 442 g/mol. The minimum absolute atomic E-state index is 0.0503. The van der Waals surface area contributed by atoms with Gasteiger partial charge in [-0.25, -0.2) is 4.98 Å². The summed E-state index contributed by atoms with van der Waals surface area (Å²) >= 11 is 0. The SMILES string of the molecule is C[Si](C)(C)CCOCn1cnc2cc(C(C3CC3)C(CC(F)(F)F)C(N)=O)ccc21. The molecule has 1 heterocycles. The smallest absolute Gasteiger partial charge is 0.369 e. The molecule has 2 N–H and O–H groups in total. The molecule has 1 aliphatic rings. The van der Waals surface area contributed by atoms with Gasteiger partial charge in [0.15, 0.2) is 0 Å². The van der Waals surface area contributed by atoms with Crippen LogP contribution in [0.15, 0.2) is 24.5 Å². The van der Waals surface area contributed by atoms with Crippen LogP contribution in [-0.2, 0) is 16.3 Å². The Morgan fingerprint density at radius 3 is 2.60 bits per heavy atom. The molecule has 9 heteroatoms. The fourth-order valence-electron chi connectivity index (χ4n) is 3.87. The topological polar surface area (TPSA) is 70.1 Å². The number of aromatic nitrogens is 2. The molecule has 1 aliphatic carbocycles. The van der Waals surface area contributed by atoms with Gasteiger partial charge in [0, 0.05) is 14.7 Å². The Hall–Kier alpha value is -1.87. The Labute approximate surface area is 175 Å². The first kappa shape index (κ1) is 22.8. The Morgan fingerprint density at radius 2 is 2.03 bits per heavy atom. The van der Waals surface area contributed by atoms with Crippen molar-refractivity contribution in [1.82, 2.24) is 9.55 Å². The quantitative estimate of drug-likeness (QED) is 0.421. The van der Waals surface area contributed by atoms with Gasteiger partial charge in [0.1, 0.15) is 6.73 Å². The number of imidazole rings is 1. The number of amides is 1. The van der Waals surface area contributed by atoms with E-state index in [0.29, 0.717) is 24.4 Å². The van der Waals surface area contributed by atoms with Crippen molar-refractivity contribution < 1.29 is 22.7 Å². The van der Waals surface area contributed by atoms with Gasteiger partial charge in [0.05, 0.1) is 29.7 Å². The van der Waals surface area contributed by atoms with Crippen LogP contribution in [0, 0.1) is 11.8 Å². The van der Waals surface area contributed by atoms with E-state index in [1.165, 1.54) is 0 Å². The first-order valence-corrected chi connectivity index (χ1v) is 14.0. The van der Waals surface area contributed by atoms with Crippen molar-refractivity contribution in [2.75, 3.05) is 6.61 Å². The monoisotopic (exact) mass is 441 g/mol. The van der Waals surface area contributed by atoms with Crippen LogP contribution < -0.4 is 5.73 Å². The molecule has 0 aliphatic heterocycles. The van der Waals surface area contributed by atoms with Crippen molar-refractivity contribution in [2.24, 2.45) is 17.6 Å². The predicted molar refractivity (Wildman–Crippen MR) is 113 cm³/mol. The Kier molecular flexibility index (Phi) is 6.62. The summed E-state index contributed by atoms with van der Waals surface area (Å²) in [4.78, 5) is 16.3. The number of hydrogen-bond acceptors (Lipinski definition) is 3. The zero-order valence-electron chi connectivity index (χ0n) is 17.7. The minimum atomic E-state index is -4.44. The maximum Gasteiger partial charge on any atom is 0.389 e. The molecule has 1 fully saturated rings. The first-order valence-electron chi connectivity index (χ1n) is 10.3. The van der Waals surface area contributed by atoms with Crippen LogP contribution >= 0.6 is 0 Å². The van der Waals surface area contributed by atoms with E-state index in [4.69, 9.17) is 10.5 Å². The maximum absolute atomic E-state index is 13.1. The lowest BCUT2D eigenvalue weighted by Crippen LogP contribution is -2.33. The number of nitrogens with two attached hydrogens (primary N) is 1. The normalized spacial score (nSPS) is 17.3. The molecule has 0 saturated heterocycles. The Morgan fingerprint density at radius 1 is 1.33 bits per heavy atom. The van der Waals surface area contributed by atoms with E-state index >= 15 is 0 Å². The van der Waals surface area contributed by atoms with Crippen molar-refractivity contribution in [3.8, 4) is 0 Å². The van der Waals surface area contributed by atoms with Gasteiger partial charge < -0.3 is 15.0 Å². The first-order chi connectivity index (χ1) is 13.9. The number of ether oxygens (including phenoxy) is 1. The van der Waals surface area contributed by atoms with Crippen LogP contribution in [0.25, 0.3) is 11.0 Å². The van der Waals surface area contributed by atoms with Crippen molar-refractivity contribution in [1.29, 1.82) is 0 Å². The van der Waals surface area contributed by atoms with Crippen LogP contribution in [-0.4, -0.2) is 36.3 Å². The summed E-state index contributed by atoms with van der Waals surface area (Å²) in [5, 5.41) is 0. The van der Waals surface area contributed by atoms with Crippen molar-refractivity contribution >= 4 is 25.0 Å². The van der Waals surface area contributed by atoms with Gasteiger partial charge in [-0.3, -0.25) is 4.79 Å². The molecule has 1 amide bonds. The Bertz CT molecular complexity index is 888. The highest BCUT2D eigenvalue weighted by Crippen LogP contribution is 2.49. The number of primary amides is 1. The van der Waals surface area contributed by atoms with E-state index < -0.39 is 38.4 Å². The molecular formula is C21H30F3N3O2Si. The van der Waals surface area contributed by atoms with Gasteiger partial charge in [0.25, 0.3) is 0 Å². The van der Waals surface area contributed by atoms with Crippen LogP contribution in [0.5, 0.6) is 0 Å². The third kappa shape index (κ3) is 6.07. The number of benzene rings is 1. The molecule has 2 atom stereocenters. The molecule has 166 valence electrons. The van der Waals surface area contributed by atoms with E-state index in [9.17, 15) is 18.0 Å². The lowest BCUT2D eigenvalue weighted by atomic mass is 9.79. The third-order valence-electron chi connectivity index (χ3n) is 5.64. The number of carbonyl (C=O) groups is 1. The maximum atomic E-state index is 13.1. The van der Waals surface area contributed by atoms with Crippen LogP contribution in [0.1, 0.15) is 30.7 Å². The van der Waals surface area contributed by atoms with Crippen molar-refractivity contribution in [3.05, 3.63) is 30.1 Å². The number of rotatable bonds is 10. The fourth-order valence-corrected chi connectivity index (χ4v) is 4.63. The van der Waals surface area contributed by atoms with E-state index in [1.807, 2.05) is 10.6 Å². The average Bonchev–Trinajstić information content (AvgIpc) is 3.36. The molecule has 0 spiro atoms. The zero-order chi connectivity index (χ0) is 22.1. The molecular weight excluding hydrogens is 411 g/mol. The molecule has 0 radical (unpaired) electrons. The Balaban J connectivity index is 1.79. The summed E-state index contributed by atoms with van der Waals surface area (Å²) in [5.41, 5.74) is 7.62. The molecule has 1 aromatic heterocycles. The van der Waals surface area contributed by atoms with Gasteiger partial charge in [-0.1, -0.05) is 25.7 Å². The second-order valence-electron chi connectivity index (χ2n) is 9.50. The predicted octanol–water partition coefficient (Wildman–Crippen LogP) is 4.90. The molecule has 1 saturated carbocycles. The highest BCUT2D eigenvalue weighted by atomic mass is 28.3. The summed E-state index contributed by atoms with van der Waals surface area (Å²) in [6.07, 6.45) is -2.34. The summed E-state index contributed by atoms with van der Waals surface area (Å²) in [7, 11) is -1.16. The van der Waals surface area contributed by atoms with Gasteiger partial charge in [-0.2, -0.15) is 13.2 Å². The molecule has 2 unspecified atom stereocenters. The van der Waals surface area contributed by atoms with Gasteiger partial charge in [0.2, 0.25) is 5.91 Å². The van der Waals surface area contributed by atoms with Crippen molar-refractivity contribution in [2.45, 2.75) is 63.8 Å². The molecule has 2 aromatic rings. The van der Waals surface area contributed by atoms with Gasteiger partial charge >= 0.3 is 6.18 Å². The molecule has 1 aromatic carbocycles. The number of hydrogen-bond donors (Lipinski definition) is 1. The lowest BCUT2D eigenvalue weighted by molar-refractivity contribution is -0.155. The second-order valence-corrected chi connectivity index (χ2v) is 15.1. The van der Waals surface area contributed by atoms with Crippen LogP contribution in [0.3, 0.4) is 0 Å². The highest BCUT2D eigenvalue weighted by Gasteiger charge is 2.45. The van der Waals surface area contributed by atoms with Crippen LogP contribution in [0.2, 0.25) is 25.7 Å². The summed E-state index contributed by atoms with van der Waals surface area (Å²) in [5.74, 6) is -2.64. The summed E-state index contributed by atoms with van der Waals surface area (Å²) < 4.78 is 46.9. The zero-order valence-corrected chi connectivity index (χ0v) is 18.7. The standard InChI is InChI=1S/C21H30F3N3O2Si/c1-30(2,3)9-8-29-13-27-12-26-17-10-15(6-7-18(17)27)19(14-4-5-14)16(20(25)28)11-21(22,23)24/h6-7,10,12,14,16,19H,4-5,8-9,11,13H2,1-3H3,(H2,25,28). The highest BCUT2D eigenvalue weighted by molar-refractivity contribution is 6.76. The molecule has 0 bridgehead atoms. The number of alkyl halides is 3. The number of fused-ring (bicyclic) bond motifs is 1. The second kappa shape index (κ2) is 8.70. The number of nitrogens with zero attached hydrogens (tertiary/aromatic N) is 2. The van der Waals surface area contributed by atoms with E-state index in [2.05, 4.69) is 24.6 Å². The van der Waals surface area contributed by atoms with E-state index in [-0.39, 0.29) is 5.92 Å². The summed E-state index contributed by atoms with van der Waals surface area (Å²) in [6, 6.07) is 6.52. The van der Waals surface area contributed by atoms with Crippen LogP contribution in [0.4, 0.5) is 13.2 Å². The van der Waals surface area contributed by atoms with E-state index in [0.717, 1.165) is 24.4 Å².